The van der Waals surface area contributed by atoms with Gasteiger partial charge in [0.2, 0.25) is 0 Å². The Morgan fingerprint density at radius 1 is 1.20 bits per heavy atom. The van der Waals surface area contributed by atoms with E-state index in [9.17, 15) is 4.79 Å². The SMILES string of the molecule is N#Cc1cccc(NC(=O)Nc2cccc(Cl)c2Br)c1. The maximum absolute atomic E-state index is 11.9. The molecule has 0 radical (unpaired) electrons. The molecule has 4 nitrogen and oxygen atoms in total. The Labute approximate surface area is 129 Å². The second-order valence-corrected chi connectivity index (χ2v) is 5.07. The molecule has 0 aliphatic heterocycles. The smallest absolute Gasteiger partial charge is 0.308 e. The van der Waals surface area contributed by atoms with E-state index >= 15 is 0 Å². The average Bonchev–Trinajstić information content (AvgIpc) is 2.44. The van der Waals surface area contributed by atoms with Crippen LogP contribution in [0.3, 0.4) is 0 Å². The molecule has 2 rings (SSSR count). The molecule has 0 atom stereocenters. The molecule has 2 N–H and O–H groups in total. The van der Waals surface area contributed by atoms with Crippen LogP contribution in [0.4, 0.5) is 16.2 Å². The summed E-state index contributed by atoms with van der Waals surface area (Å²) < 4.78 is 0.614. The van der Waals surface area contributed by atoms with Crippen molar-refractivity contribution in [3.05, 3.63) is 57.5 Å². The number of nitriles is 1. The zero-order valence-corrected chi connectivity index (χ0v) is 12.5. The van der Waals surface area contributed by atoms with Crippen LogP contribution in [-0.2, 0) is 0 Å². The van der Waals surface area contributed by atoms with Gasteiger partial charge in [-0.05, 0) is 46.3 Å². The Morgan fingerprint density at radius 3 is 2.70 bits per heavy atom. The van der Waals surface area contributed by atoms with E-state index in [-0.39, 0.29) is 0 Å². The van der Waals surface area contributed by atoms with E-state index in [0.29, 0.717) is 26.4 Å². The molecule has 0 saturated carbocycles. The summed E-state index contributed by atoms with van der Waals surface area (Å²) in [5, 5.41) is 14.6. The molecule has 0 spiro atoms. The summed E-state index contributed by atoms with van der Waals surface area (Å²) in [5.74, 6) is 0. The fourth-order valence-corrected chi connectivity index (χ4v) is 2.09. The largest absolute Gasteiger partial charge is 0.323 e. The van der Waals surface area contributed by atoms with Crippen molar-refractivity contribution in [2.24, 2.45) is 0 Å². The Hall–Kier alpha value is -2.03. The lowest BCUT2D eigenvalue weighted by atomic mass is 10.2. The Balaban J connectivity index is 2.09. The number of halogens is 2. The first kappa shape index (κ1) is 14.4. The Bertz CT molecular complexity index is 697. The number of urea groups is 1. The quantitative estimate of drug-likeness (QED) is 0.830. The van der Waals surface area contributed by atoms with Crippen LogP contribution < -0.4 is 10.6 Å². The molecule has 0 aliphatic carbocycles. The normalized spacial score (nSPS) is 9.65. The van der Waals surface area contributed by atoms with Crippen LogP contribution in [0.2, 0.25) is 5.02 Å². The highest BCUT2D eigenvalue weighted by molar-refractivity contribution is 9.10. The lowest BCUT2D eigenvalue weighted by molar-refractivity contribution is 0.262. The molecule has 100 valence electrons. The second kappa shape index (κ2) is 6.42. The first-order valence-corrected chi connectivity index (χ1v) is 6.79. The maximum Gasteiger partial charge on any atom is 0.323 e. The van der Waals surface area contributed by atoms with E-state index in [2.05, 4.69) is 26.6 Å². The summed E-state index contributed by atoms with van der Waals surface area (Å²) >= 11 is 9.24. The standard InChI is InChI=1S/C14H9BrClN3O/c15-13-11(16)5-2-6-12(13)19-14(20)18-10-4-1-3-9(7-10)8-17/h1-7H,(H2,18,19,20). The van der Waals surface area contributed by atoms with Crippen LogP contribution >= 0.6 is 27.5 Å². The van der Waals surface area contributed by atoms with Gasteiger partial charge < -0.3 is 10.6 Å². The number of anilines is 2. The summed E-state index contributed by atoms with van der Waals surface area (Å²) in [5.41, 5.74) is 1.58. The highest BCUT2D eigenvalue weighted by Crippen LogP contribution is 2.30. The minimum absolute atomic E-state index is 0.414. The van der Waals surface area contributed by atoms with Crippen molar-refractivity contribution >= 4 is 44.9 Å². The van der Waals surface area contributed by atoms with E-state index in [0.717, 1.165) is 0 Å². The highest BCUT2D eigenvalue weighted by Gasteiger charge is 2.08. The number of hydrogen-bond donors (Lipinski definition) is 2. The Kier molecular flexibility index (Phi) is 4.61. The van der Waals surface area contributed by atoms with Crippen LogP contribution in [0.25, 0.3) is 0 Å². The van der Waals surface area contributed by atoms with E-state index in [1.807, 2.05) is 6.07 Å². The van der Waals surface area contributed by atoms with Crippen molar-refractivity contribution in [3.63, 3.8) is 0 Å². The summed E-state index contributed by atoms with van der Waals surface area (Å²) in [7, 11) is 0. The average molecular weight is 351 g/mol. The van der Waals surface area contributed by atoms with Crippen molar-refractivity contribution in [1.29, 1.82) is 5.26 Å². The summed E-state index contributed by atoms with van der Waals surface area (Å²) in [4.78, 5) is 11.9. The molecule has 0 aliphatic rings. The van der Waals surface area contributed by atoms with Crippen molar-refractivity contribution < 1.29 is 4.79 Å². The van der Waals surface area contributed by atoms with Gasteiger partial charge in [0.1, 0.15) is 0 Å². The molecule has 0 bridgehead atoms. The second-order valence-electron chi connectivity index (χ2n) is 3.87. The third kappa shape index (κ3) is 3.50. The fraction of sp³-hybridized carbons (Fsp3) is 0. The zero-order chi connectivity index (χ0) is 14.5. The topological polar surface area (TPSA) is 64.9 Å². The molecular weight excluding hydrogens is 342 g/mol. The van der Waals surface area contributed by atoms with Gasteiger partial charge in [0.15, 0.2) is 0 Å². The molecule has 2 amide bonds. The van der Waals surface area contributed by atoms with Crippen molar-refractivity contribution in [3.8, 4) is 6.07 Å². The number of amides is 2. The first-order chi connectivity index (χ1) is 9.60. The van der Waals surface area contributed by atoms with Gasteiger partial charge in [-0.15, -0.1) is 0 Å². The number of carbonyl (C=O) groups excluding carboxylic acids is 1. The maximum atomic E-state index is 11.9. The first-order valence-electron chi connectivity index (χ1n) is 5.62. The molecule has 0 unspecified atom stereocenters. The van der Waals surface area contributed by atoms with Crippen LogP contribution in [0.15, 0.2) is 46.9 Å². The molecule has 2 aromatic rings. The van der Waals surface area contributed by atoms with E-state index in [1.165, 1.54) is 0 Å². The molecule has 20 heavy (non-hydrogen) atoms. The third-order valence-electron chi connectivity index (χ3n) is 2.45. The van der Waals surface area contributed by atoms with Gasteiger partial charge in [0, 0.05) is 5.69 Å². The van der Waals surface area contributed by atoms with Gasteiger partial charge in [0.25, 0.3) is 0 Å². The summed E-state index contributed by atoms with van der Waals surface area (Å²) in [6, 6.07) is 13.4. The molecule has 0 aromatic heterocycles. The highest BCUT2D eigenvalue weighted by atomic mass is 79.9. The van der Waals surface area contributed by atoms with Gasteiger partial charge in [-0.25, -0.2) is 4.79 Å². The molecule has 0 heterocycles. The molecular formula is C14H9BrClN3O. The summed E-state index contributed by atoms with van der Waals surface area (Å²) in [6.07, 6.45) is 0. The number of rotatable bonds is 2. The number of hydrogen-bond acceptors (Lipinski definition) is 2. The number of carbonyl (C=O) groups is 1. The Morgan fingerprint density at radius 2 is 1.95 bits per heavy atom. The number of nitrogens with one attached hydrogen (secondary N) is 2. The van der Waals surface area contributed by atoms with E-state index < -0.39 is 6.03 Å². The van der Waals surface area contributed by atoms with E-state index in [1.54, 1.807) is 42.5 Å². The van der Waals surface area contributed by atoms with Gasteiger partial charge >= 0.3 is 6.03 Å². The monoisotopic (exact) mass is 349 g/mol. The zero-order valence-electron chi connectivity index (χ0n) is 10.2. The third-order valence-corrected chi connectivity index (χ3v) is 3.85. The lowest BCUT2D eigenvalue weighted by Crippen LogP contribution is -2.19. The summed E-state index contributed by atoms with van der Waals surface area (Å²) in [6.45, 7) is 0. The lowest BCUT2D eigenvalue weighted by Gasteiger charge is -2.10. The van der Waals surface area contributed by atoms with Crippen LogP contribution in [0.5, 0.6) is 0 Å². The predicted molar refractivity (Wildman–Crippen MR) is 83.0 cm³/mol. The van der Waals surface area contributed by atoms with Gasteiger partial charge in [-0.3, -0.25) is 0 Å². The van der Waals surface area contributed by atoms with Gasteiger partial charge in [-0.1, -0.05) is 23.7 Å². The molecule has 0 saturated heterocycles. The van der Waals surface area contributed by atoms with Crippen molar-refractivity contribution in [2.45, 2.75) is 0 Å². The minimum atomic E-state index is -0.414. The van der Waals surface area contributed by atoms with Gasteiger partial charge in [0.05, 0.1) is 26.8 Å². The fourth-order valence-electron chi connectivity index (χ4n) is 1.55. The molecule has 6 heteroatoms. The van der Waals surface area contributed by atoms with Crippen molar-refractivity contribution in [2.75, 3.05) is 10.6 Å². The minimum Gasteiger partial charge on any atom is -0.308 e. The van der Waals surface area contributed by atoms with E-state index in [4.69, 9.17) is 16.9 Å². The number of nitrogens with zero attached hydrogens (tertiary/aromatic N) is 1. The van der Waals surface area contributed by atoms with Crippen LogP contribution in [0.1, 0.15) is 5.56 Å². The van der Waals surface area contributed by atoms with Crippen LogP contribution in [-0.4, -0.2) is 6.03 Å². The molecule has 0 fully saturated rings. The van der Waals surface area contributed by atoms with Crippen LogP contribution in [0, 0.1) is 11.3 Å². The van der Waals surface area contributed by atoms with Crippen molar-refractivity contribution in [1.82, 2.24) is 0 Å². The number of benzene rings is 2. The van der Waals surface area contributed by atoms with Gasteiger partial charge in [-0.2, -0.15) is 5.26 Å². The predicted octanol–water partition coefficient (Wildman–Crippen LogP) is 4.62. The molecule has 2 aromatic carbocycles.